The number of hydrogen-bond donors (Lipinski definition) is 1. The van der Waals surface area contributed by atoms with Crippen LogP contribution in [0.4, 0.5) is 0 Å². The molecule has 5 heterocycles. The smallest absolute Gasteiger partial charge is 0.681 e. The number of carbonyl (C=O) groups excluding carboxylic acids is 2. The van der Waals surface area contributed by atoms with E-state index >= 15 is 0 Å². The summed E-state index contributed by atoms with van der Waals surface area (Å²) in [6, 6.07) is -0.504. The monoisotopic (exact) mass is 690 g/mol. The summed E-state index contributed by atoms with van der Waals surface area (Å²) in [4.78, 5) is 36.6. The van der Waals surface area contributed by atoms with Crippen LogP contribution in [0.3, 0.4) is 0 Å². The van der Waals surface area contributed by atoms with E-state index in [4.69, 9.17) is 30.1 Å². The Morgan fingerprint density at radius 2 is 1.74 bits per heavy atom. The molecule has 2 aromatic heterocycles. The zero-order chi connectivity index (χ0) is 35.3. The second-order valence-corrected chi connectivity index (χ2v) is 14.5. The van der Waals surface area contributed by atoms with Crippen LogP contribution in [0.15, 0.2) is 28.7 Å². The van der Waals surface area contributed by atoms with Gasteiger partial charge in [0.25, 0.3) is 0 Å². The molecule has 264 valence electrons. The molecule has 4 aliphatic rings. The van der Waals surface area contributed by atoms with Crippen molar-refractivity contribution in [3.05, 3.63) is 83.7 Å². The summed E-state index contributed by atoms with van der Waals surface area (Å²) < 4.78 is 10.9. The molecule has 1 saturated heterocycles. The van der Waals surface area contributed by atoms with Gasteiger partial charge in [-0.1, -0.05) is 86.7 Å². The van der Waals surface area contributed by atoms with Crippen LogP contribution in [0.1, 0.15) is 107 Å². The van der Waals surface area contributed by atoms with Crippen LogP contribution < -0.4 is 20.7 Å². The molecule has 1 aliphatic carbocycles. The van der Waals surface area contributed by atoms with Gasteiger partial charge in [-0.2, -0.15) is 11.4 Å². The van der Waals surface area contributed by atoms with Crippen molar-refractivity contribution in [2.24, 2.45) is 29.6 Å². The Bertz CT molecular complexity index is 1880. The Hall–Kier alpha value is -3.21. The molecule has 0 radical (unpaired) electrons. The number of rotatable bonds is 9. The van der Waals surface area contributed by atoms with Crippen molar-refractivity contribution in [3.63, 3.8) is 0 Å². The molecule has 1 unspecified atom stereocenters. The van der Waals surface area contributed by atoms with Crippen molar-refractivity contribution in [2.75, 3.05) is 13.7 Å². The van der Waals surface area contributed by atoms with Crippen molar-refractivity contribution in [1.29, 1.82) is 0 Å². The maximum atomic E-state index is 13.5. The van der Waals surface area contributed by atoms with E-state index in [1.807, 2.05) is 13.0 Å². The van der Waals surface area contributed by atoms with Crippen molar-refractivity contribution in [1.82, 2.24) is 9.97 Å². The van der Waals surface area contributed by atoms with Crippen LogP contribution in [-0.4, -0.2) is 59.9 Å². The average Bonchev–Trinajstić information content (AvgIpc) is 3.80. The molecule has 0 amide bonds. The van der Waals surface area contributed by atoms with E-state index < -0.39 is 24.0 Å². The molecule has 1 N–H and O–H groups in total. The van der Waals surface area contributed by atoms with E-state index in [1.54, 1.807) is 0 Å². The fourth-order valence-electron chi connectivity index (χ4n) is 8.25. The molecule has 3 aliphatic heterocycles. The molecule has 6 rings (SSSR count). The maximum Gasteiger partial charge on any atom is 2.00 e. The first kappa shape index (κ1) is 38.0. The third kappa shape index (κ3) is 6.63. The third-order valence-corrected chi connectivity index (χ3v) is 11.2. The average molecular weight is 691 g/mol. The number of carbonyl (C=O) groups is 2. The van der Waals surface area contributed by atoms with Crippen LogP contribution in [0.25, 0.3) is 28.4 Å². The van der Waals surface area contributed by atoms with Crippen molar-refractivity contribution < 1.29 is 24.2 Å². The van der Waals surface area contributed by atoms with E-state index in [1.165, 1.54) is 12.7 Å². The van der Waals surface area contributed by atoms with E-state index in [2.05, 4.69) is 60.6 Å². The summed E-state index contributed by atoms with van der Waals surface area (Å²) >= 11 is 0. The Balaban J connectivity index is 0.00000486. The number of fused-ring (bicyclic) bond motifs is 8. The molecule has 8 bridgehead atoms. The van der Waals surface area contributed by atoms with Gasteiger partial charge in [-0.3, -0.25) is 9.59 Å². The minimum absolute atomic E-state index is 0. The Morgan fingerprint density at radius 1 is 1.00 bits per heavy atom. The van der Waals surface area contributed by atoms with Crippen LogP contribution in [0.2, 0.25) is 0 Å². The number of hydrogen-bond acceptors (Lipinski definition) is 5. The molecular formula is C40H50MgN4O5-2. The standard InChI is InChI=1S/C40H50N4O5.Mg/c1-10-24-20(5)27-16-29-22(7)26(12-13-33(45)49-15-14-19(3)4)37(43-29)35-36(40(47)48-9)39(46)34-23(8)30(44-38(34)35)18-32-25(11-2)21(6)28(42-32)17-31(24)41-27;/h16-19,22,24,26,36-37,39,46H,10-15H2,1-9H3;/q-4;+2/b29-16-,30-18-,31-17-;/t22-,24-,26-,36+,37?,39+;/m0./s1. The van der Waals surface area contributed by atoms with Gasteiger partial charge in [0.05, 0.1) is 19.8 Å². The number of aliphatic hydroxyl groups excluding tert-OH is 1. The number of nitrogens with zero attached hydrogens (tertiary/aromatic N) is 4. The van der Waals surface area contributed by atoms with E-state index in [-0.39, 0.29) is 53.2 Å². The fraction of sp³-hybridized carbons (Fsp3) is 0.550. The molecule has 10 heteroatoms. The minimum Gasteiger partial charge on any atom is -0.681 e. The van der Waals surface area contributed by atoms with Gasteiger partial charge in [0.1, 0.15) is 5.92 Å². The third-order valence-electron chi connectivity index (χ3n) is 11.2. The molecule has 0 saturated carbocycles. The summed E-state index contributed by atoms with van der Waals surface area (Å²) in [5.74, 6) is -1.32. The molecule has 1 fully saturated rings. The normalized spacial score (nSPS) is 27.8. The van der Waals surface area contributed by atoms with Gasteiger partial charge in [-0.15, -0.1) is 27.8 Å². The van der Waals surface area contributed by atoms with Gasteiger partial charge in [0.2, 0.25) is 0 Å². The molecular weight excluding hydrogens is 641 g/mol. The van der Waals surface area contributed by atoms with Gasteiger partial charge in [0.15, 0.2) is 0 Å². The van der Waals surface area contributed by atoms with Crippen LogP contribution in [0, 0.1) is 43.4 Å². The number of aromatic nitrogens is 2. The van der Waals surface area contributed by atoms with E-state index in [9.17, 15) is 14.7 Å². The van der Waals surface area contributed by atoms with Crippen LogP contribution in [0.5, 0.6) is 0 Å². The summed E-state index contributed by atoms with van der Waals surface area (Å²) in [5.41, 5.74) is 10.1. The Kier molecular flexibility index (Phi) is 11.5. The topological polar surface area (TPSA) is 129 Å². The number of allylic oxidation sites excluding steroid dienone is 3. The zero-order valence-electron chi connectivity index (χ0n) is 31.1. The first-order chi connectivity index (χ1) is 23.4. The maximum absolute atomic E-state index is 13.5. The quantitative estimate of drug-likeness (QED) is 0.271. The van der Waals surface area contributed by atoms with Gasteiger partial charge < -0.3 is 35.2 Å². The number of methoxy groups -OCH3 is 1. The van der Waals surface area contributed by atoms with Crippen molar-refractivity contribution in [3.8, 4) is 0 Å². The number of ether oxygens (including phenoxy) is 2. The van der Waals surface area contributed by atoms with Gasteiger partial charge >= 0.3 is 35.0 Å². The molecule has 6 atom stereocenters. The second-order valence-electron chi connectivity index (χ2n) is 14.5. The Morgan fingerprint density at radius 3 is 2.40 bits per heavy atom. The van der Waals surface area contributed by atoms with Crippen molar-refractivity contribution in [2.45, 2.75) is 99.6 Å². The SMILES string of the molecule is CCc1c2[n-]c(c1C)/C=C1\[N-]C(=C(C)[C@@H]1CC)/C=C1\[N-]C(C3=c4[n-]/c(c(C)c4[C@@H](O)[C@@H]3C(=O)OC)=C\2)[C@@H](CCC(=O)OCCC(C)C)[C@@H]1C.[Mg+2]. The largest absolute Gasteiger partial charge is 2.00 e. The molecule has 0 spiro atoms. The van der Waals surface area contributed by atoms with Gasteiger partial charge in [-0.05, 0) is 75.7 Å². The second kappa shape index (κ2) is 15.2. The zero-order valence-corrected chi connectivity index (χ0v) is 32.5. The minimum atomic E-state index is -1.13. The first-order valence-electron chi connectivity index (χ1n) is 17.9. The summed E-state index contributed by atoms with van der Waals surface area (Å²) in [5, 5.41) is 23.6. The molecule has 9 nitrogen and oxygen atoms in total. The first-order valence-corrected chi connectivity index (χ1v) is 17.9. The number of esters is 2. The summed E-state index contributed by atoms with van der Waals surface area (Å²) in [6.07, 6.45) is 8.35. The predicted molar refractivity (Wildman–Crippen MR) is 196 cm³/mol. The van der Waals surface area contributed by atoms with E-state index in [0.29, 0.717) is 40.8 Å². The molecule has 50 heavy (non-hydrogen) atoms. The van der Waals surface area contributed by atoms with E-state index in [0.717, 1.165) is 64.4 Å². The van der Waals surface area contributed by atoms with Crippen molar-refractivity contribution >= 4 is 52.7 Å². The molecule has 0 aromatic carbocycles. The van der Waals surface area contributed by atoms with Crippen LogP contribution >= 0.6 is 0 Å². The number of aliphatic hydroxyl groups is 1. The fourth-order valence-corrected chi connectivity index (χ4v) is 8.25. The predicted octanol–water partition coefficient (Wildman–Crippen LogP) is 5.52. The van der Waals surface area contributed by atoms with Gasteiger partial charge in [-0.25, -0.2) is 0 Å². The Labute approximate surface area is 312 Å². The summed E-state index contributed by atoms with van der Waals surface area (Å²) in [7, 11) is 1.34. The van der Waals surface area contributed by atoms with Gasteiger partial charge in [0, 0.05) is 6.42 Å². The summed E-state index contributed by atoms with van der Waals surface area (Å²) in [6.45, 7) is 17.2. The van der Waals surface area contributed by atoms with Crippen LogP contribution in [-0.2, 0) is 25.5 Å². The molecule has 2 aromatic rings.